The van der Waals surface area contributed by atoms with Crippen LogP contribution in [0.25, 0.3) is 0 Å². The summed E-state index contributed by atoms with van der Waals surface area (Å²) in [6.45, 7) is 2.80. The SMILES string of the molecule is C[C@H]1Cc2cc(S(=O)(=O)NCCCN)ccc2O1. The number of rotatable bonds is 5. The molecule has 1 atom stereocenters. The summed E-state index contributed by atoms with van der Waals surface area (Å²) >= 11 is 0. The Morgan fingerprint density at radius 1 is 1.50 bits per heavy atom. The van der Waals surface area contributed by atoms with Crippen molar-refractivity contribution in [3.63, 3.8) is 0 Å². The number of hydrogen-bond donors (Lipinski definition) is 2. The first-order valence-corrected chi connectivity index (χ1v) is 7.50. The van der Waals surface area contributed by atoms with Crippen LogP contribution in [0.15, 0.2) is 23.1 Å². The predicted molar refractivity (Wildman–Crippen MR) is 69.1 cm³/mol. The molecule has 0 aliphatic carbocycles. The largest absolute Gasteiger partial charge is 0.490 e. The summed E-state index contributed by atoms with van der Waals surface area (Å²) in [5.74, 6) is 0.781. The van der Waals surface area contributed by atoms with Gasteiger partial charge in [0, 0.05) is 13.0 Å². The van der Waals surface area contributed by atoms with Gasteiger partial charge >= 0.3 is 0 Å². The van der Waals surface area contributed by atoms with E-state index in [0.29, 0.717) is 19.5 Å². The van der Waals surface area contributed by atoms with Crippen molar-refractivity contribution >= 4 is 10.0 Å². The van der Waals surface area contributed by atoms with Crippen LogP contribution in [0.2, 0.25) is 0 Å². The summed E-state index contributed by atoms with van der Waals surface area (Å²) < 4.78 is 32.1. The van der Waals surface area contributed by atoms with Gasteiger partial charge < -0.3 is 10.5 Å². The molecule has 0 bridgehead atoms. The fourth-order valence-corrected chi connectivity index (χ4v) is 3.08. The molecule has 1 aromatic carbocycles. The maximum atomic E-state index is 12.0. The molecule has 1 heterocycles. The molecular weight excluding hydrogens is 252 g/mol. The van der Waals surface area contributed by atoms with Crippen LogP contribution in [0.5, 0.6) is 5.75 Å². The van der Waals surface area contributed by atoms with Crippen LogP contribution < -0.4 is 15.2 Å². The number of sulfonamides is 1. The van der Waals surface area contributed by atoms with Crippen LogP contribution in [-0.4, -0.2) is 27.6 Å². The molecule has 18 heavy (non-hydrogen) atoms. The molecule has 1 aliphatic rings. The quantitative estimate of drug-likeness (QED) is 0.769. The van der Waals surface area contributed by atoms with Crippen LogP contribution >= 0.6 is 0 Å². The first kappa shape index (κ1) is 13.3. The molecule has 5 nitrogen and oxygen atoms in total. The van der Waals surface area contributed by atoms with Crippen LogP contribution in [0.3, 0.4) is 0 Å². The number of benzene rings is 1. The third-order valence-corrected chi connectivity index (χ3v) is 4.31. The van der Waals surface area contributed by atoms with Crippen molar-refractivity contribution in [1.82, 2.24) is 4.72 Å². The maximum Gasteiger partial charge on any atom is 0.240 e. The lowest BCUT2D eigenvalue weighted by atomic mass is 10.1. The zero-order chi connectivity index (χ0) is 13.2. The van der Waals surface area contributed by atoms with Gasteiger partial charge in [0.25, 0.3) is 0 Å². The third-order valence-electron chi connectivity index (χ3n) is 2.85. The Morgan fingerprint density at radius 3 is 3.00 bits per heavy atom. The van der Waals surface area contributed by atoms with Crippen molar-refractivity contribution in [2.45, 2.75) is 30.8 Å². The predicted octanol–water partition coefficient (Wildman–Crippen LogP) is 0.637. The third kappa shape index (κ3) is 2.82. The lowest BCUT2D eigenvalue weighted by Crippen LogP contribution is -2.26. The van der Waals surface area contributed by atoms with Crippen LogP contribution in [0, 0.1) is 0 Å². The molecule has 3 N–H and O–H groups in total. The number of hydrogen-bond acceptors (Lipinski definition) is 4. The second-order valence-electron chi connectivity index (χ2n) is 4.44. The number of nitrogens with one attached hydrogen (secondary N) is 1. The molecule has 0 unspecified atom stereocenters. The van der Waals surface area contributed by atoms with Gasteiger partial charge in [0.15, 0.2) is 0 Å². The molecule has 0 fully saturated rings. The molecule has 0 saturated carbocycles. The molecule has 2 rings (SSSR count). The van der Waals surface area contributed by atoms with E-state index in [2.05, 4.69) is 4.72 Å². The fraction of sp³-hybridized carbons (Fsp3) is 0.500. The highest BCUT2D eigenvalue weighted by molar-refractivity contribution is 7.89. The monoisotopic (exact) mass is 270 g/mol. The Bertz CT molecular complexity index is 528. The van der Waals surface area contributed by atoms with Crippen LogP contribution in [0.4, 0.5) is 0 Å². The first-order valence-electron chi connectivity index (χ1n) is 6.02. The van der Waals surface area contributed by atoms with Crippen LogP contribution in [0.1, 0.15) is 18.9 Å². The van der Waals surface area contributed by atoms with E-state index in [0.717, 1.165) is 17.7 Å². The molecule has 0 aromatic heterocycles. The van der Waals surface area contributed by atoms with Crippen LogP contribution in [-0.2, 0) is 16.4 Å². The lowest BCUT2D eigenvalue weighted by Gasteiger charge is -2.07. The lowest BCUT2D eigenvalue weighted by molar-refractivity contribution is 0.254. The van der Waals surface area contributed by atoms with E-state index in [-0.39, 0.29) is 11.0 Å². The minimum Gasteiger partial charge on any atom is -0.490 e. The van der Waals surface area contributed by atoms with Gasteiger partial charge in [-0.1, -0.05) is 0 Å². The van der Waals surface area contributed by atoms with Crippen molar-refractivity contribution < 1.29 is 13.2 Å². The zero-order valence-corrected chi connectivity index (χ0v) is 11.2. The summed E-state index contributed by atoms with van der Waals surface area (Å²) in [5.41, 5.74) is 6.28. The van der Waals surface area contributed by atoms with Crippen molar-refractivity contribution in [1.29, 1.82) is 0 Å². The summed E-state index contributed by atoms with van der Waals surface area (Å²) in [5, 5.41) is 0. The molecular formula is C12H18N2O3S. The number of fused-ring (bicyclic) bond motifs is 1. The molecule has 1 aromatic rings. The molecule has 0 radical (unpaired) electrons. The number of ether oxygens (including phenoxy) is 1. The normalized spacial score (nSPS) is 18.4. The Balaban J connectivity index is 2.17. The Morgan fingerprint density at radius 2 is 2.28 bits per heavy atom. The van der Waals surface area contributed by atoms with Gasteiger partial charge in [-0.25, -0.2) is 13.1 Å². The molecule has 1 aliphatic heterocycles. The average Bonchev–Trinajstić information content (AvgIpc) is 2.68. The van der Waals surface area contributed by atoms with Gasteiger partial charge in [-0.2, -0.15) is 0 Å². The van der Waals surface area contributed by atoms with Gasteiger partial charge in [-0.15, -0.1) is 0 Å². The highest BCUT2D eigenvalue weighted by Crippen LogP contribution is 2.30. The fourth-order valence-electron chi connectivity index (χ4n) is 1.96. The minimum absolute atomic E-state index is 0.114. The minimum atomic E-state index is -3.43. The van der Waals surface area contributed by atoms with E-state index < -0.39 is 10.0 Å². The van der Waals surface area contributed by atoms with Gasteiger partial charge in [-0.3, -0.25) is 0 Å². The van der Waals surface area contributed by atoms with Crippen molar-refractivity contribution in [2.24, 2.45) is 5.73 Å². The van der Waals surface area contributed by atoms with E-state index in [1.165, 1.54) is 0 Å². The Kier molecular flexibility index (Phi) is 3.89. The first-order chi connectivity index (χ1) is 8.53. The van der Waals surface area contributed by atoms with Gasteiger partial charge in [0.05, 0.1) is 4.90 Å². The van der Waals surface area contributed by atoms with Crippen molar-refractivity contribution in [2.75, 3.05) is 13.1 Å². The smallest absolute Gasteiger partial charge is 0.240 e. The maximum absolute atomic E-state index is 12.0. The average molecular weight is 270 g/mol. The number of nitrogens with two attached hydrogens (primary N) is 1. The molecule has 6 heteroatoms. The second-order valence-corrected chi connectivity index (χ2v) is 6.21. The molecule has 100 valence electrons. The standard InChI is InChI=1S/C12H18N2O3S/c1-9-7-10-8-11(3-4-12(10)17-9)18(15,16)14-6-2-5-13/h3-4,8-9,14H,2,5-7,13H2,1H3/t9-/m0/s1. The summed E-state index contributed by atoms with van der Waals surface area (Å²) in [4.78, 5) is 0.288. The highest BCUT2D eigenvalue weighted by Gasteiger charge is 2.22. The molecule has 0 amide bonds. The summed E-state index contributed by atoms with van der Waals surface area (Å²) in [6, 6.07) is 4.97. The second kappa shape index (κ2) is 5.26. The van der Waals surface area contributed by atoms with Crippen molar-refractivity contribution in [3.05, 3.63) is 23.8 Å². The van der Waals surface area contributed by atoms with E-state index in [1.807, 2.05) is 6.92 Å². The van der Waals surface area contributed by atoms with E-state index in [1.54, 1.807) is 18.2 Å². The van der Waals surface area contributed by atoms with Gasteiger partial charge in [0.1, 0.15) is 11.9 Å². The Hall–Kier alpha value is -1.11. The van der Waals surface area contributed by atoms with E-state index in [4.69, 9.17) is 10.5 Å². The van der Waals surface area contributed by atoms with Gasteiger partial charge in [-0.05, 0) is 43.7 Å². The zero-order valence-electron chi connectivity index (χ0n) is 10.3. The molecule has 0 spiro atoms. The highest BCUT2D eigenvalue weighted by atomic mass is 32.2. The van der Waals surface area contributed by atoms with E-state index >= 15 is 0 Å². The van der Waals surface area contributed by atoms with E-state index in [9.17, 15) is 8.42 Å². The van der Waals surface area contributed by atoms with Crippen molar-refractivity contribution in [3.8, 4) is 5.75 Å². The van der Waals surface area contributed by atoms with Gasteiger partial charge in [0.2, 0.25) is 10.0 Å². The summed E-state index contributed by atoms with van der Waals surface area (Å²) in [7, 11) is -3.43. The Labute approximate surface area is 107 Å². The summed E-state index contributed by atoms with van der Waals surface area (Å²) in [6.07, 6.45) is 1.49. The topological polar surface area (TPSA) is 81.4 Å². The molecule has 0 saturated heterocycles.